The van der Waals surface area contributed by atoms with E-state index in [1.165, 1.54) is 24.3 Å². The molecule has 124 valence electrons. The fraction of sp³-hybridized carbons (Fsp3) is 0. The molecule has 0 aromatic heterocycles. The summed E-state index contributed by atoms with van der Waals surface area (Å²) in [5.41, 5.74) is 11.8. The van der Waals surface area contributed by atoms with E-state index in [4.69, 9.17) is 23.1 Å². The molecule has 8 heteroatoms. The summed E-state index contributed by atoms with van der Waals surface area (Å²) in [6.07, 6.45) is 0. The second kappa shape index (κ2) is 5.77. The number of phenols is 1. The van der Waals surface area contributed by atoms with Gasteiger partial charge in [0, 0.05) is 10.8 Å². The Bertz CT molecular complexity index is 1050. The Morgan fingerprint density at radius 3 is 2.38 bits per heavy atom. The molecule has 0 aliphatic heterocycles. The maximum absolute atomic E-state index is 12.7. The average Bonchev–Trinajstić information content (AvgIpc) is 2.54. The molecule has 0 unspecified atom stereocenters. The van der Waals surface area contributed by atoms with Crippen molar-refractivity contribution in [3.05, 3.63) is 53.6 Å². The maximum Gasteiger partial charge on any atom is 0.264 e. The van der Waals surface area contributed by atoms with Crippen LogP contribution in [-0.4, -0.2) is 13.5 Å². The molecule has 0 radical (unpaired) electrons. The van der Waals surface area contributed by atoms with Crippen LogP contribution in [0, 0.1) is 0 Å². The number of benzene rings is 3. The van der Waals surface area contributed by atoms with Gasteiger partial charge in [-0.05, 0) is 18.2 Å². The van der Waals surface area contributed by atoms with Crippen molar-refractivity contribution in [3.63, 3.8) is 0 Å². The summed E-state index contributed by atoms with van der Waals surface area (Å²) < 4.78 is 27.8. The zero-order valence-electron chi connectivity index (χ0n) is 12.3. The van der Waals surface area contributed by atoms with Crippen molar-refractivity contribution in [2.45, 2.75) is 4.90 Å². The van der Waals surface area contributed by atoms with Crippen LogP contribution in [0.4, 0.5) is 17.1 Å². The van der Waals surface area contributed by atoms with Crippen molar-refractivity contribution in [3.8, 4) is 5.75 Å². The molecule has 0 fully saturated rings. The Morgan fingerprint density at radius 2 is 1.67 bits per heavy atom. The van der Waals surface area contributed by atoms with Gasteiger partial charge in [-0.1, -0.05) is 41.9 Å². The van der Waals surface area contributed by atoms with Crippen LogP contribution in [0.3, 0.4) is 0 Å². The SMILES string of the molecule is Nc1cccc(S(=O)(=O)Nc2cc(Cl)c(O)c3ccccc23)c1N. The van der Waals surface area contributed by atoms with E-state index in [-0.39, 0.29) is 32.7 Å². The number of phenolic OH excluding ortho intramolecular Hbond substituents is 1. The van der Waals surface area contributed by atoms with Gasteiger partial charge in [0.15, 0.2) is 0 Å². The molecule has 3 rings (SSSR count). The number of rotatable bonds is 3. The third-order valence-electron chi connectivity index (χ3n) is 3.60. The van der Waals surface area contributed by atoms with E-state index >= 15 is 0 Å². The normalized spacial score (nSPS) is 11.5. The predicted octanol–water partition coefficient (Wildman–Crippen LogP) is 3.16. The fourth-order valence-corrected chi connectivity index (χ4v) is 3.85. The standard InChI is InChI=1S/C16H14ClN3O3S/c17-11-8-13(9-4-1-2-5-10(9)16(11)21)20-24(22,23)14-7-3-6-12(18)15(14)19/h1-8,20-21H,18-19H2. The van der Waals surface area contributed by atoms with Gasteiger partial charge in [-0.3, -0.25) is 4.72 Å². The number of nitrogens with one attached hydrogen (secondary N) is 1. The van der Waals surface area contributed by atoms with Crippen LogP contribution in [0.25, 0.3) is 10.8 Å². The van der Waals surface area contributed by atoms with Gasteiger partial charge in [-0.15, -0.1) is 0 Å². The van der Waals surface area contributed by atoms with Gasteiger partial charge in [0.05, 0.1) is 22.1 Å². The van der Waals surface area contributed by atoms with Gasteiger partial charge < -0.3 is 16.6 Å². The smallest absolute Gasteiger partial charge is 0.264 e. The van der Waals surface area contributed by atoms with E-state index in [1.54, 1.807) is 24.3 Å². The lowest BCUT2D eigenvalue weighted by atomic mass is 10.1. The van der Waals surface area contributed by atoms with Crippen LogP contribution in [0.15, 0.2) is 53.4 Å². The minimum atomic E-state index is -3.98. The monoisotopic (exact) mass is 363 g/mol. The number of nitrogens with two attached hydrogens (primary N) is 2. The highest BCUT2D eigenvalue weighted by Crippen LogP contribution is 2.38. The summed E-state index contributed by atoms with van der Waals surface area (Å²) in [6, 6.07) is 12.5. The highest BCUT2D eigenvalue weighted by atomic mass is 35.5. The van der Waals surface area contributed by atoms with Crippen molar-refractivity contribution in [1.29, 1.82) is 0 Å². The Hall–Kier alpha value is -2.64. The van der Waals surface area contributed by atoms with E-state index in [9.17, 15) is 13.5 Å². The van der Waals surface area contributed by atoms with Gasteiger partial charge in [-0.25, -0.2) is 8.42 Å². The van der Waals surface area contributed by atoms with E-state index in [1.807, 2.05) is 0 Å². The number of anilines is 3. The van der Waals surface area contributed by atoms with E-state index in [2.05, 4.69) is 4.72 Å². The molecule has 6 N–H and O–H groups in total. The second-order valence-electron chi connectivity index (χ2n) is 5.16. The predicted molar refractivity (Wildman–Crippen MR) is 96.7 cm³/mol. The highest BCUT2D eigenvalue weighted by Gasteiger charge is 2.21. The summed E-state index contributed by atoms with van der Waals surface area (Å²) in [5, 5.41) is 11.0. The number of fused-ring (bicyclic) bond motifs is 1. The molecule has 0 atom stereocenters. The number of sulfonamides is 1. The average molecular weight is 364 g/mol. The summed E-state index contributed by atoms with van der Waals surface area (Å²) >= 11 is 5.99. The molecule has 24 heavy (non-hydrogen) atoms. The number of halogens is 1. The van der Waals surface area contributed by atoms with Crippen molar-refractivity contribution in [1.82, 2.24) is 0 Å². The zero-order valence-corrected chi connectivity index (χ0v) is 13.9. The zero-order chi connectivity index (χ0) is 17.5. The molecule has 0 spiro atoms. The Labute approximate surface area is 143 Å². The minimum Gasteiger partial charge on any atom is -0.506 e. The lowest BCUT2D eigenvalue weighted by Crippen LogP contribution is -2.15. The summed E-state index contributed by atoms with van der Waals surface area (Å²) in [4.78, 5) is -0.129. The van der Waals surface area contributed by atoms with Gasteiger partial charge in [-0.2, -0.15) is 0 Å². The molecule has 0 heterocycles. The van der Waals surface area contributed by atoms with Gasteiger partial charge >= 0.3 is 0 Å². The molecule has 0 saturated heterocycles. The topological polar surface area (TPSA) is 118 Å². The Kier molecular flexibility index (Phi) is 3.90. The van der Waals surface area contributed by atoms with Crippen molar-refractivity contribution < 1.29 is 13.5 Å². The van der Waals surface area contributed by atoms with Crippen LogP contribution >= 0.6 is 11.6 Å². The fourth-order valence-electron chi connectivity index (χ4n) is 2.41. The maximum atomic E-state index is 12.7. The summed E-state index contributed by atoms with van der Waals surface area (Å²) in [7, 11) is -3.98. The second-order valence-corrected chi connectivity index (χ2v) is 7.22. The first kappa shape index (κ1) is 16.2. The lowest BCUT2D eigenvalue weighted by molar-refractivity contribution is 0.482. The first-order valence-corrected chi connectivity index (χ1v) is 8.74. The first-order valence-electron chi connectivity index (χ1n) is 6.88. The number of nitrogen functional groups attached to an aromatic ring is 2. The molecule has 3 aromatic carbocycles. The highest BCUT2D eigenvalue weighted by molar-refractivity contribution is 7.93. The van der Waals surface area contributed by atoms with E-state index in [0.717, 1.165) is 0 Å². The Morgan fingerprint density at radius 1 is 1.00 bits per heavy atom. The molecule has 6 nitrogen and oxygen atoms in total. The van der Waals surface area contributed by atoms with Crippen molar-refractivity contribution in [2.24, 2.45) is 0 Å². The molecular weight excluding hydrogens is 350 g/mol. The Balaban J connectivity index is 2.16. The van der Waals surface area contributed by atoms with Crippen molar-refractivity contribution in [2.75, 3.05) is 16.2 Å². The van der Waals surface area contributed by atoms with Gasteiger partial charge in [0.1, 0.15) is 10.6 Å². The van der Waals surface area contributed by atoms with Crippen LogP contribution in [0.2, 0.25) is 5.02 Å². The number of aromatic hydroxyl groups is 1. The lowest BCUT2D eigenvalue weighted by Gasteiger charge is -2.14. The van der Waals surface area contributed by atoms with Crippen LogP contribution in [-0.2, 0) is 10.0 Å². The molecule has 3 aromatic rings. The largest absolute Gasteiger partial charge is 0.506 e. The number of hydrogen-bond acceptors (Lipinski definition) is 5. The molecule has 0 aliphatic carbocycles. The number of hydrogen-bond donors (Lipinski definition) is 4. The van der Waals surface area contributed by atoms with Crippen LogP contribution in [0.1, 0.15) is 0 Å². The first-order chi connectivity index (χ1) is 11.3. The molecule has 0 saturated carbocycles. The third-order valence-corrected chi connectivity index (χ3v) is 5.32. The van der Waals surface area contributed by atoms with Gasteiger partial charge in [0.2, 0.25) is 0 Å². The van der Waals surface area contributed by atoms with Crippen molar-refractivity contribution >= 4 is 49.5 Å². The van der Waals surface area contributed by atoms with Crippen LogP contribution < -0.4 is 16.2 Å². The number of para-hydroxylation sites is 1. The molecular formula is C16H14ClN3O3S. The van der Waals surface area contributed by atoms with Gasteiger partial charge in [0.25, 0.3) is 10.0 Å². The van der Waals surface area contributed by atoms with Crippen LogP contribution in [0.5, 0.6) is 5.75 Å². The molecule has 0 aliphatic rings. The third kappa shape index (κ3) is 2.68. The minimum absolute atomic E-state index is 0.0285. The molecule has 0 amide bonds. The van der Waals surface area contributed by atoms with E-state index in [0.29, 0.717) is 10.8 Å². The van der Waals surface area contributed by atoms with E-state index < -0.39 is 10.0 Å². The quantitative estimate of drug-likeness (QED) is 0.421. The summed E-state index contributed by atoms with van der Waals surface area (Å²) in [5.74, 6) is -0.112. The molecule has 0 bridgehead atoms. The summed E-state index contributed by atoms with van der Waals surface area (Å²) in [6.45, 7) is 0.